The van der Waals surface area contributed by atoms with E-state index in [1.165, 1.54) is 6.07 Å². The zero-order valence-electron chi connectivity index (χ0n) is 11.6. The van der Waals surface area contributed by atoms with E-state index < -0.39 is 4.92 Å². The third-order valence-corrected chi connectivity index (χ3v) is 2.58. The van der Waals surface area contributed by atoms with E-state index in [-0.39, 0.29) is 17.3 Å². The van der Waals surface area contributed by atoms with Crippen molar-refractivity contribution in [2.24, 2.45) is 0 Å². The van der Waals surface area contributed by atoms with Gasteiger partial charge < -0.3 is 15.4 Å². The molecule has 1 rings (SSSR count). The summed E-state index contributed by atoms with van der Waals surface area (Å²) in [7, 11) is 1.57. The minimum Gasteiger partial charge on any atom is -0.487 e. The number of ether oxygens (including phenoxy) is 1. The van der Waals surface area contributed by atoms with Gasteiger partial charge in [0.2, 0.25) is 5.91 Å². The predicted molar refractivity (Wildman–Crippen MR) is 76.1 cm³/mol. The Balaban J connectivity index is 2.73. The van der Waals surface area contributed by atoms with Gasteiger partial charge in [-0.15, -0.1) is 0 Å². The highest BCUT2D eigenvalue weighted by Crippen LogP contribution is 2.30. The Kier molecular flexibility index (Phi) is 6.28. The normalized spacial score (nSPS) is 9.90. The summed E-state index contributed by atoms with van der Waals surface area (Å²) >= 11 is 0. The minimum atomic E-state index is -0.473. The van der Waals surface area contributed by atoms with Crippen LogP contribution in [0.15, 0.2) is 18.2 Å². The van der Waals surface area contributed by atoms with Crippen LogP contribution in [0.4, 0.5) is 11.4 Å². The standard InChI is InChI=1S/C13H19N3O4/c1-3-8-20-12-9-10(4-5-11(12)16(18)19)15-7-6-13(17)14-2/h4-5,9,15H,3,6-8H2,1-2H3,(H,14,17). The fourth-order valence-corrected chi connectivity index (χ4v) is 1.55. The molecule has 0 heterocycles. The highest BCUT2D eigenvalue weighted by atomic mass is 16.6. The van der Waals surface area contributed by atoms with Gasteiger partial charge in [-0.1, -0.05) is 6.92 Å². The fraction of sp³-hybridized carbons (Fsp3) is 0.462. The average Bonchev–Trinajstić information content (AvgIpc) is 2.44. The summed E-state index contributed by atoms with van der Waals surface area (Å²) in [5, 5.41) is 16.4. The number of hydrogen-bond acceptors (Lipinski definition) is 5. The molecule has 0 spiro atoms. The van der Waals surface area contributed by atoms with Gasteiger partial charge in [-0.2, -0.15) is 0 Å². The Bertz CT molecular complexity index is 477. The van der Waals surface area contributed by atoms with Gasteiger partial charge in [-0.3, -0.25) is 14.9 Å². The van der Waals surface area contributed by atoms with Gasteiger partial charge in [0.1, 0.15) is 0 Å². The van der Waals surface area contributed by atoms with Crippen molar-refractivity contribution in [3.63, 3.8) is 0 Å². The van der Waals surface area contributed by atoms with E-state index in [0.717, 1.165) is 6.42 Å². The van der Waals surface area contributed by atoms with Crippen LogP contribution in [-0.4, -0.2) is 31.0 Å². The maximum atomic E-state index is 11.1. The smallest absolute Gasteiger partial charge is 0.311 e. The Morgan fingerprint density at radius 2 is 2.20 bits per heavy atom. The summed E-state index contributed by atoms with van der Waals surface area (Å²) in [5.41, 5.74) is 0.626. The van der Waals surface area contributed by atoms with Crippen molar-refractivity contribution in [2.75, 3.05) is 25.5 Å². The van der Waals surface area contributed by atoms with Crippen LogP contribution < -0.4 is 15.4 Å². The largest absolute Gasteiger partial charge is 0.487 e. The van der Waals surface area contributed by atoms with Crippen molar-refractivity contribution in [1.29, 1.82) is 0 Å². The van der Waals surface area contributed by atoms with Crippen LogP contribution in [-0.2, 0) is 4.79 Å². The number of hydrogen-bond donors (Lipinski definition) is 2. The van der Waals surface area contributed by atoms with E-state index >= 15 is 0 Å². The molecule has 1 aromatic rings. The summed E-state index contributed by atoms with van der Waals surface area (Å²) in [6.45, 7) is 2.80. The van der Waals surface area contributed by atoms with Crippen LogP contribution >= 0.6 is 0 Å². The Labute approximate surface area is 117 Å². The third kappa shape index (κ3) is 4.75. The lowest BCUT2D eigenvalue weighted by molar-refractivity contribution is -0.385. The molecular formula is C13H19N3O4. The van der Waals surface area contributed by atoms with E-state index in [1.54, 1.807) is 19.2 Å². The van der Waals surface area contributed by atoms with Crippen molar-refractivity contribution in [1.82, 2.24) is 5.32 Å². The Hall–Kier alpha value is -2.31. The quantitative estimate of drug-likeness (QED) is 0.561. The maximum Gasteiger partial charge on any atom is 0.311 e. The van der Waals surface area contributed by atoms with Gasteiger partial charge in [0.25, 0.3) is 0 Å². The van der Waals surface area contributed by atoms with Gasteiger partial charge in [0, 0.05) is 37.8 Å². The second kappa shape index (κ2) is 7.98. The number of nitrogens with zero attached hydrogens (tertiary/aromatic N) is 1. The van der Waals surface area contributed by atoms with Crippen LogP contribution in [0, 0.1) is 10.1 Å². The Morgan fingerprint density at radius 3 is 2.80 bits per heavy atom. The lowest BCUT2D eigenvalue weighted by Gasteiger charge is -2.09. The summed E-state index contributed by atoms with van der Waals surface area (Å²) in [6.07, 6.45) is 1.10. The van der Waals surface area contributed by atoms with Gasteiger partial charge in [-0.05, 0) is 12.5 Å². The molecule has 0 aromatic heterocycles. The molecule has 0 aliphatic rings. The van der Waals surface area contributed by atoms with Crippen molar-refractivity contribution >= 4 is 17.3 Å². The molecule has 0 fully saturated rings. The fourth-order valence-electron chi connectivity index (χ4n) is 1.55. The second-order valence-corrected chi connectivity index (χ2v) is 4.14. The van der Waals surface area contributed by atoms with Crippen LogP contribution in [0.3, 0.4) is 0 Å². The number of benzene rings is 1. The number of rotatable bonds is 8. The minimum absolute atomic E-state index is 0.0599. The lowest BCUT2D eigenvalue weighted by atomic mass is 10.2. The summed E-state index contributed by atoms with van der Waals surface area (Å²) in [4.78, 5) is 21.5. The molecule has 110 valence electrons. The number of carbonyl (C=O) groups excluding carboxylic acids is 1. The average molecular weight is 281 g/mol. The van der Waals surface area contributed by atoms with Crippen molar-refractivity contribution in [3.05, 3.63) is 28.3 Å². The summed E-state index contributed by atoms with van der Waals surface area (Å²) in [6, 6.07) is 4.58. The van der Waals surface area contributed by atoms with Crippen LogP contribution in [0.1, 0.15) is 19.8 Å². The highest BCUT2D eigenvalue weighted by Gasteiger charge is 2.15. The molecule has 7 nitrogen and oxygen atoms in total. The zero-order valence-corrected chi connectivity index (χ0v) is 11.6. The van der Waals surface area contributed by atoms with E-state index in [2.05, 4.69) is 10.6 Å². The van der Waals surface area contributed by atoms with E-state index in [1.807, 2.05) is 6.92 Å². The first-order valence-corrected chi connectivity index (χ1v) is 6.44. The maximum absolute atomic E-state index is 11.1. The zero-order chi connectivity index (χ0) is 15.0. The molecule has 1 amide bonds. The summed E-state index contributed by atoms with van der Waals surface area (Å²) in [5.74, 6) is 0.170. The number of nitro benzene ring substituents is 1. The predicted octanol–water partition coefficient (Wildman–Crippen LogP) is 1.93. The van der Waals surface area contributed by atoms with Crippen LogP contribution in [0.2, 0.25) is 0 Å². The molecule has 1 aromatic carbocycles. The molecule has 0 saturated heterocycles. The number of anilines is 1. The van der Waals surface area contributed by atoms with Crippen molar-refractivity contribution in [2.45, 2.75) is 19.8 Å². The van der Waals surface area contributed by atoms with Gasteiger partial charge in [-0.25, -0.2) is 0 Å². The van der Waals surface area contributed by atoms with E-state index in [0.29, 0.717) is 25.3 Å². The van der Waals surface area contributed by atoms with Crippen LogP contribution in [0.25, 0.3) is 0 Å². The highest BCUT2D eigenvalue weighted by molar-refractivity contribution is 5.76. The molecule has 2 N–H and O–H groups in total. The SMILES string of the molecule is CCCOc1cc(NCCC(=O)NC)ccc1[N+](=O)[O-]. The molecule has 0 saturated carbocycles. The monoisotopic (exact) mass is 281 g/mol. The molecule has 0 unspecified atom stereocenters. The Morgan fingerprint density at radius 1 is 1.45 bits per heavy atom. The molecule has 7 heteroatoms. The van der Waals surface area contributed by atoms with Gasteiger partial charge in [0.05, 0.1) is 11.5 Å². The first kappa shape index (κ1) is 15.7. The first-order chi connectivity index (χ1) is 9.58. The number of nitro groups is 1. The van der Waals surface area contributed by atoms with Crippen molar-refractivity contribution < 1.29 is 14.5 Å². The number of nitrogens with one attached hydrogen (secondary N) is 2. The molecule has 0 aliphatic carbocycles. The molecule has 0 aliphatic heterocycles. The van der Waals surface area contributed by atoms with Crippen LogP contribution in [0.5, 0.6) is 5.75 Å². The topological polar surface area (TPSA) is 93.5 Å². The second-order valence-electron chi connectivity index (χ2n) is 4.14. The third-order valence-electron chi connectivity index (χ3n) is 2.58. The molecule has 0 radical (unpaired) electrons. The first-order valence-electron chi connectivity index (χ1n) is 6.44. The molecule has 20 heavy (non-hydrogen) atoms. The lowest BCUT2D eigenvalue weighted by Crippen LogP contribution is -2.20. The van der Waals surface area contributed by atoms with E-state index in [9.17, 15) is 14.9 Å². The summed E-state index contributed by atoms with van der Waals surface area (Å²) < 4.78 is 5.38. The number of amides is 1. The molecular weight excluding hydrogens is 262 g/mol. The number of carbonyl (C=O) groups is 1. The van der Waals surface area contributed by atoms with E-state index in [4.69, 9.17) is 4.74 Å². The molecule has 0 atom stereocenters. The van der Waals surface area contributed by atoms with Gasteiger partial charge >= 0.3 is 5.69 Å². The molecule has 0 bridgehead atoms. The van der Waals surface area contributed by atoms with Crippen molar-refractivity contribution in [3.8, 4) is 5.75 Å². The van der Waals surface area contributed by atoms with Gasteiger partial charge in [0.15, 0.2) is 5.75 Å².